The summed E-state index contributed by atoms with van der Waals surface area (Å²) in [5.41, 5.74) is 0.944. The number of hydrogen-bond donors (Lipinski definition) is 1. The van der Waals surface area contributed by atoms with Crippen LogP contribution >= 0.6 is 0 Å². The van der Waals surface area contributed by atoms with Gasteiger partial charge in [-0.2, -0.15) is 0 Å². The van der Waals surface area contributed by atoms with E-state index in [4.69, 9.17) is 9.15 Å². The van der Waals surface area contributed by atoms with Crippen molar-refractivity contribution < 1.29 is 13.9 Å². The van der Waals surface area contributed by atoms with Crippen LogP contribution in [0.25, 0.3) is 11.3 Å². The van der Waals surface area contributed by atoms with Crippen LogP contribution in [0.15, 0.2) is 34.9 Å². The lowest BCUT2D eigenvalue weighted by Gasteiger charge is -2.34. The molecule has 1 N–H and O–H groups in total. The van der Waals surface area contributed by atoms with Crippen LogP contribution in [0.4, 0.5) is 0 Å². The van der Waals surface area contributed by atoms with Crippen molar-refractivity contribution in [3.05, 3.63) is 36.4 Å². The van der Waals surface area contributed by atoms with E-state index in [2.05, 4.69) is 24.1 Å². The molecule has 3 atom stereocenters. The number of nitrogens with zero attached hydrogens (tertiary/aromatic N) is 1. The van der Waals surface area contributed by atoms with Crippen LogP contribution in [-0.4, -0.2) is 24.0 Å². The van der Waals surface area contributed by atoms with E-state index in [1.54, 1.807) is 13.3 Å². The van der Waals surface area contributed by atoms with Crippen molar-refractivity contribution in [3.63, 3.8) is 0 Å². The maximum absolute atomic E-state index is 12.3. The van der Waals surface area contributed by atoms with E-state index in [1.807, 2.05) is 24.3 Å². The normalized spacial score (nSPS) is 22.8. The molecule has 1 fully saturated rings. The second kappa shape index (κ2) is 8.39. The fraction of sp³-hybridized carbons (Fsp3) is 0.524. The summed E-state index contributed by atoms with van der Waals surface area (Å²) in [7, 11) is 1.64. The van der Waals surface area contributed by atoms with Crippen molar-refractivity contribution in [1.82, 2.24) is 10.3 Å². The molecule has 5 nitrogen and oxygen atoms in total. The summed E-state index contributed by atoms with van der Waals surface area (Å²) >= 11 is 0. The molecule has 0 radical (unpaired) electrons. The summed E-state index contributed by atoms with van der Waals surface area (Å²) in [6.07, 6.45) is 6.16. The first-order valence-electron chi connectivity index (χ1n) is 9.45. The molecule has 1 amide bonds. The van der Waals surface area contributed by atoms with Gasteiger partial charge >= 0.3 is 0 Å². The van der Waals surface area contributed by atoms with Crippen LogP contribution in [0.2, 0.25) is 0 Å². The highest BCUT2D eigenvalue weighted by molar-refractivity contribution is 5.76. The third kappa shape index (κ3) is 4.45. The minimum Gasteiger partial charge on any atom is -0.497 e. The number of aromatic nitrogens is 1. The van der Waals surface area contributed by atoms with E-state index in [0.29, 0.717) is 42.4 Å². The standard InChI is InChI=1S/C21H28N2O3/c1-14-5-4-6-18(15(14)2)23-20(24)11-12-21-22-13-19(26-21)16-7-9-17(25-3)10-8-16/h7-10,13-15,18H,4-6,11-12H2,1-3H3,(H,23,24). The first-order valence-corrected chi connectivity index (χ1v) is 9.45. The molecule has 2 aromatic rings. The SMILES string of the molecule is COc1ccc(-c2cnc(CCC(=O)NC3CCCC(C)C3C)o2)cc1. The zero-order valence-corrected chi connectivity index (χ0v) is 15.8. The Bertz CT molecular complexity index is 723. The lowest BCUT2D eigenvalue weighted by molar-refractivity contribution is -0.122. The van der Waals surface area contributed by atoms with Crippen molar-refractivity contribution in [2.24, 2.45) is 11.8 Å². The van der Waals surface area contributed by atoms with Crippen molar-refractivity contribution in [3.8, 4) is 17.1 Å². The first kappa shape index (κ1) is 18.5. The number of nitrogens with one attached hydrogen (secondary N) is 1. The average Bonchev–Trinajstić information content (AvgIpc) is 3.13. The molecule has 1 aromatic carbocycles. The van der Waals surface area contributed by atoms with Gasteiger partial charge in [-0.3, -0.25) is 4.79 Å². The van der Waals surface area contributed by atoms with Gasteiger partial charge < -0.3 is 14.5 Å². The van der Waals surface area contributed by atoms with Crippen LogP contribution in [0.1, 0.15) is 45.4 Å². The van der Waals surface area contributed by atoms with Gasteiger partial charge in [-0.05, 0) is 42.5 Å². The summed E-state index contributed by atoms with van der Waals surface area (Å²) in [6, 6.07) is 7.93. The number of carbonyl (C=O) groups excluding carboxylic acids is 1. The van der Waals surface area contributed by atoms with Gasteiger partial charge in [0.15, 0.2) is 11.7 Å². The van der Waals surface area contributed by atoms with E-state index < -0.39 is 0 Å². The van der Waals surface area contributed by atoms with Crippen LogP contribution in [0.3, 0.4) is 0 Å². The van der Waals surface area contributed by atoms with E-state index >= 15 is 0 Å². The smallest absolute Gasteiger partial charge is 0.220 e. The van der Waals surface area contributed by atoms with E-state index in [-0.39, 0.29) is 5.91 Å². The first-order chi connectivity index (χ1) is 12.6. The predicted molar refractivity (Wildman–Crippen MR) is 101 cm³/mol. The molecule has 1 aromatic heterocycles. The maximum Gasteiger partial charge on any atom is 0.220 e. The number of methoxy groups -OCH3 is 1. The molecular formula is C21H28N2O3. The lowest BCUT2D eigenvalue weighted by atomic mass is 9.78. The molecule has 0 spiro atoms. The number of oxazole rings is 1. The Morgan fingerprint density at radius 1 is 1.27 bits per heavy atom. The maximum atomic E-state index is 12.3. The lowest BCUT2D eigenvalue weighted by Crippen LogP contribution is -2.43. The number of benzene rings is 1. The summed E-state index contributed by atoms with van der Waals surface area (Å²) in [5, 5.41) is 3.20. The molecule has 140 valence electrons. The van der Waals surface area contributed by atoms with Crippen molar-refractivity contribution in [2.75, 3.05) is 7.11 Å². The number of aryl methyl sites for hydroxylation is 1. The quantitative estimate of drug-likeness (QED) is 0.841. The molecule has 1 aliphatic rings. The number of amides is 1. The third-order valence-electron chi connectivity index (χ3n) is 5.55. The second-order valence-electron chi connectivity index (χ2n) is 7.29. The molecular weight excluding hydrogens is 328 g/mol. The Kier molecular flexibility index (Phi) is 5.96. The Labute approximate surface area is 155 Å². The van der Waals surface area contributed by atoms with Gasteiger partial charge in [0.1, 0.15) is 5.75 Å². The molecule has 3 rings (SSSR count). The Hall–Kier alpha value is -2.30. The van der Waals surface area contributed by atoms with Gasteiger partial charge in [0.2, 0.25) is 5.91 Å². The van der Waals surface area contributed by atoms with Gasteiger partial charge in [-0.25, -0.2) is 4.98 Å². The van der Waals surface area contributed by atoms with Gasteiger partial charge in [0, 0.05) is 24.4 Å². The molecule has 26 heavy (non-hydrogen) atoms. The Morgan fingerprint density at radius 3 is 2.77 bits per heavy atom. The summed E-state index contributed by atoms with van der Waals surface area (Å²) in [5.74, 6) is 3.40. The summed E-state index contributed by atoms with van der Waals surface area (Å²) < 4.78 is 11.0. The Morgan fingerprint density at radius 2 is 2.04 bits per heavy atom. The topological polar surface area (TPSA) is 64.4 Å². The van der Waals surface area contributed by atoms with E-state index in [1.165, 1.54) is 12.8 Å². The number of ether oxygens (including phenoxy) is 1. The van der Waals surface area contributed by atoms with Gasteiger partial charge in [0.25, 0.3) is 0 Å². The summed E-state index contributed by atoms with van der Waals surface area (Å²) in [4.78, 5) is 16.6. The van der Waals surface area contributed by atoms with Crippen molar-refractivity contribution in [1.29, 1.82) is 0 Å². The fourth-order valence-electron chi connectivity index (χ4n) is 3.60. The van der Waals surface area contributed by atoms with Crippen LogP contribution < -0.4 is 10.1 Å². The minimum absolute atomic E-state index is 0.0835. The number of hydrogen-bond acceptors (Lipinski definition) is 4. The largest absolute Gasteiger partial charge is 0.497 e. The van der Waals surface area contributed by atoms with Crippen molar-refractivity contribution >= 4 is 5.91 Å². The van der Waals surface area contributed by atoms with E-state index in [9.17, 15) is 4.79 Å². The number of rotatable bonds is 6. The summed E-state index contributed by atoms with van der Waals surface area (Å²) in [6.45, 7) is 4.51. The zero-order chi connectivity index (χ0) is 18.5. The molecule has 0 saturated heterocycles. The highest BCUT2D eigenvalue weighted by Gasteiger charge is 2.28. The van der Waals surface area contributed by atoms with Gasteiger partial charge in [-0.15, -0.1) is 0 Å². The molecule has 1 heterocycles. The molecule has 1 saturated carbocycles. The highest BCUT2D eigenvalue weighted by atomic mass is 16.5. The third-order valence-corrected chi connectivity index (χ3v) is 5.55. The van der Waals surface area contributed by atoms with E-state index in [0.717, 1.165) is 17.7 Å². The van der Waals surface area contributed by atoms with Crippen LogP contribution in [0.5, 0.6) is 5.75 Å². The molecule has 0 aliphatic heterocycles. The molecule has 3 unspecified atom stereocenters. The molecule has 0 bridgehead atoms. The minimum atomic E-state index is 0.0835. The fourth-order valence-corrected chi connectivity index (χ4v) is 3.60. The van der Waals surface area contributed by atoms with Crippen molar-refractivity contribution in [2.45, 2.75) is 52.0 Å². The van der Waals surface area contributed by atoms with Crippen LogP contribution in [0, 0.1) is 11.8 Å². The number of carbonyl (C=O) groups is 1. The van der Waals surface area contributed by atoms with Crippen LogP contribution in [-0.2, 0) is 11.2 Å². The second-order valence-corrected chi connectivity index (χ2v) is 7.29. The predicted octanol–water partition coefficient (Wildman–Crippen LogP) is 4.22. The monoisotopic (exact) mass is 356 g/mol. The molecule has 1 aliphatic carbocycles. The molecule has 5 heteroatoms. The van der Waals surface area contributed by atoms with Gasteiger partial charge in [0.05, 0.1) is 13.3 Å². The highest BCUT2D eigenvalue weighted by Crippen LogP contribution is 2.29. The Balaban J connectivity index is 1.51. The zero-order valence-electron chi connectivity index (χ0n) is 15.8. The average molecular weight is 356 g/mol. The van der Waals surface area contributed by atoms with Gasteiger partial charge in [-0.1, -0.05) is 26.7 Å².